The molecule has 2 unspecified atom stereocenters. The molecule has 4 heterocycles. The molecule has 0 bridgehead atoms. The Morgan fingerprint density at radius 2 is 2.06 bits per heavy atom. The lowest BCUT2D eigenvalue weighted by Crippen LogP contribution is -2.43. The number of nitrogens with zero attached hydrogens (tertiary/aromatic N) is 5. The standard InChI is InChI=1S/C23H33N7O3S/c1-14(2)20-15(3)21(17-7-6-8-18(17)26-20)27-23(31)28-34(24,32)19-11-25-30-12-16(13-33-22(19)30)29-9-4-5-10-29/h11,14,16H,4-10,12-13H2,1-3H3,(H3,24,26,27,28,31,32). The second-order valence-corrected chi connectivity index (χ2v) is 11.5. The number of aromatic nitrogens is 3. The van der Waals surface area contributed by atoms with Crippen molar-refractivity contribution < 1.29 is 13.7 Å². The van der Waals surface area contributed by atoms with Gasteiger partial charge in [-0.25, -0.2) is 18.8 Å². The third-order valence-electron chi connectivity index (χ3n) is 7.03. The number of nitrogens with two attached hydrogens (primary N) is 1. The van der Waals surface area contributed by atoms with Crippen LogP contribution in [0, 0.1) is 6.92 Å². The number of pyridine rings is 1. The lowest BCUT2D eigenvalue weighted by molar-refractivity contribution is 0.0994. The Morgan fingerprint density at radius 1 is 1.29 bits per heavy atom. The van der Waals surface area contributed by atoms with Crippen LogP contribution >= 0.6 is 0 Å². The Bertz CT molecular complexity index is 1240. The van der Waals surface area contributed by atoms with E-state index in [9.17, 15) is 9.00 Å². The van der Waals surface area contributed by atoms with E-state index in [0.717, 1.165) is 60.6 Å². The zero-order valence-electron chi connectivity index (χ0n) is 20.0. The van der Waals surface area contributed by atoms with Gasteiger partial charge in [-0.05, 0) is 69.2 Å². The number of urea groups is 1. The van der Waals surface area contributed by atoms with Crippen LogP contribution in [0.3, 0.4) is 0 Å². The van der Waals surface area contributed by atoms with Gasteiger partial charge in [-0.3, -0.25) is 9.88 Å². The van der Waals surface area contributed by atoms with Gasteiger partial charge in [0.25, 0.3) is 0 Å². The number of amides is 2. The summed E-state index contributed by atoms with van der Waals surface area (Å²) < 4.78 is 24.8. The minimum absolute atomic E-state index is 0.155. The van der Waals surface area contributed by atoms with Crippen LogP contribution in [-0.4, -0.2) is 55.6 Å². The van der Waals surface area contributed by atoms with E-state index in [1.807, 2.05) is 6.92 Å². The van der Waals surface area contributed by atoms with Crippen molar-refractivity contribution >= 4 is 21.6 Å². The van der Waals surface area contributed by atoms with E-state index in [2.05, 4.69) is 33.5 Å². The molecule has 3 aliphatic rings. The topological polar surface area (TPSA) is 128 Å². The van der Waals surface area contributed by atoms with E-state index in [1.54, 1.807) is 4.68 Å². The summed E-state index contributed by atoms with van der Waals surface area (Å²) in [6.45, 7) is 9.33. The molecule has 2 aromatic heterocycles. The molecule has 1 saturated heterocycles. The van der Waals surface area contributed by atoms with Crippen molar-refractivity contribution in [3.05, 3.63) is 28.7 Å². The molecule has 1 fully saturated rings. The monoisotopic (exact) mass is 487 g/mol. The Morgan fingerprint density at radius 3 is 2.79 bits per heavy atom. The zero-order valence-corrected chi connectivity index (χ0v) is 20.9. The molecule has 184 valence electrons. The summed E-state index contributed by atoms with van der Waals surface area (Å²) in [5, 5.41) is 13.3. The SMILES string of the molecule is Cc1c(C(C)C)nc2c(c1NC(=O)N=S(N)(=O)c1cnn3c1OCC(N1CCCC1)C3)CCC2. The summed E-state index contributed by atoms with van der Waals surface area (Å²) in [6.07, 6.45) is 6.52. The number of carbonyl (C=O) groups is 1. The van der Waals surface area contributed by atoms with E-state index >= 15 is 0 Å². The number of aryl methyl sites for hydroxylation is 1. The first-order chi connectivity index (χ1) is 16.2. The minimum Gasteiger partial charge on any atom is -0.475 e. The van der Waals surface area contributed by atoms with Crippen LogP contribution in [0.2, 0.25) is 0 Å². The number of hydrogen-bond acceptors (Lipinski definition) is 6. The van der Waals surface area contributed by atoms with Crippen molar-refractivity contribution in [3.8, 4) is 5.88 Å². The number of hydrogen-bond donors (Lipinski definition) is 2. The molecule has 34 heavy (non-hydrogen) atoms. The first kappa shape index (κ1) is 23.3. The van der Waals surface area contributed by atoms with Crippen molar-refractivity contribution in [2.24, 2.45) is 9.50 Å². The number of nitrogens with one attached hydrogen (secondary N) is 1. The van der Waals surface area contributed by atoms with Crippen LogP contribution in [-0.2, 0) is 29.3 Å². The number of likely N-dealkylation sites (tertiary alicyclic amines) is 1. The largest absolute Gasteiger partial charge is 0.475 e. The molecule has 2 aromatic rings. The van der Waals surface area contributed by atoms with Crippen molar-refractivity contribution in [2.75, 3.05) is 25.0 Å². The second kappa shape index (κ2) is 8.94. The lowest BCUT2D eigenvalue weighted by Gasteiger charge is -2.31. The van der Waals surface area contributed by atoms with E-state index in [0.29, 0.717) is 19.0 Å². The molecule has 1 aliphatic carbocycles. The van der Waals surface area contributed by atoms with Gasteiger partial charge < -0.3 is 10.1 Å². The van der Waals surface area contributed by atoms with Crippen molar-refractivity contribution in [3.63, 3.8) is 0 Å². The molecule has 0 aromatic carbocycles. The van der Waals surface area contributed by atoms with Gasteiger partial charge in [0.2, 0.25) is 5.88 Å². The smallest absolute Gasteiger partial charge is 0.354 e. The summed E-state index contributed by atoms with van der Waals surface area (Å²) in [6, 6.07) is -0.514. The molecule has 2 atom stereocenters. The van der Waals surface area contributed by atoms with Gasteiger partial charge in [0.15, 0.2) is 9.92 Å². The van der Waals surface area contributed by atoms with Crippen LogP contribution in [0.1, 0.15) is 61.5 Å². The summed E-state index contributed by atoms with van der Waals surface area (Å²) in [4.78, 5) is 20.3. The molecule has 5 rings (SSSR count). The fourth-order valence-corrected chi connectivity index (χ4v) is 6.33. The number of ether oxygens (including phenoxy) is 1. The van der Waals surface area contributed by atoms with Gasteiger partial charge in [-0.2, -0.15) is 5.10 Å². The van der Waals surface area contributed by atoms with Gasteiger partial charge >= 0.3 is 6.03 Å². The molecule has 0 saturated carbocycles. The number of anilines is 1. The molecule has 11 heteroatoms. The van der Waals surface area contributed by atoms with Crippen LogP contribution in [0.5, 0.6) is 5.88 Å². The predicted octanol–water partition coefficient (Wildman–Crippen LogP) is 2.99. The van der Waals surface area contributed by atoms with Gasteiger partial charge in [0.05, 0.1) is 24.5 Å². The third kappa shape index (κ3) is 4.20. The second-order valence-electron chi connectivity index (χ2n) is 9.72. The highest BCUT2D eigenvalue weighted by Gasteiger charge is 2.32. The average molecular weight is 488 g/mol. The molecule has 3 N–H and O–H groups in total. The van der Waals surface area contributed by atoms with Crippen molar-refractivity contribution in [1.29, 1.82) is 0 Å². The van der Waals surface area contributed by atoms with Gasteiger partial charge in [0.1, 0.15) is 11.5 Å². The van der Waals surface area contributed by atoms with Crippen LogP contribution in [0.15, 0.2) is 15.5 Å². The van der Waals surface area contributed by atoms with Gasteiger partial charge in [-0.15, -0.1) is 4.36 Å². The molecule has 2 amide bonds. The number of rotatable bonds is 4. The normalized spacial score (nSPS) is 21.6. The van der Waals surface area contributed by atoms with Gasteiger partial charge in [-0.1, -0.05) is 13.8 Å². The highest BCUT2D eigenvalue weighted by Crippen LogP contribution is 2.35. The third-order valence-corrected chi connectivity index (χ3v) is 8.38. The summed E-state index contributed by atoms with van der Waals surface area (Å²) in [5.74, 6) is 0.556. The Hall–Kier alpha value is -2.50. The summed E-state index contributed by atoms with van der Waals surface area (Å²) in [5.41, 5.74) is 4.65. The molecule has 0 spiro atoms. The maximum Gasteiger partial charge on any atom is 0.354 e. The first-order valence-corrected chi connectivity index (χ1v) is 13.6. The average Bonchev–Trinajstić information content (AvgIpc) is 3.54. The van der Waals surface area contributed by atoms with Crippen molar-refractivity contribution in [1.82, 2.24) is 19.7 Å². The van der Waals surface area contributed by atoms with Crippen molar-refractivity contribution in [2.45, 2.75) is 76.3 Å². The first-order valence-electron chi connectivity index (χ1n) is 12.1. The summed E-state index contributed by atoms with van der Waals surface area (Å²) >= 11 is 0. The van der Waals surface area contributed by atoms with Crippen LogP contribution in [0.4, 0.5) is 10.5 Å². The maximum atomic E-state index is 13.3. The molecule has 2 aliphatic heterocycles. The van der Waals surface area contributed by atoms with Crippen LogP contribution in [0.25, 0.3) is 0 Å². The highest BCUT2D eigenvalue weighted by molar-refractivity contribution is 7.91. The molecular formula is C23H33N7O3S. The summed E-state index contributed by atoms with van der Waals surface area (Å²) in [7, 11) is -3.54. The Balaban J connectivity index is 1.40. The predicted molar refractivity (Wildman–Crippen MR) is 129 cm³/mol. The van der Waals surface area contributed by atoms with E-state index in [-0.39, 0.29) is 16.9 Å². The van der Waals surface area contributed by atoms with E-state index in [1.165, 1.54) is 19.0 Å². The fourth-order valence-electron chi connectivity index (χ4n) is 5.33. The highest BCUT2D eigenvalue weighted by atomic mass is 32.2. The fraction of sp³-hybridized carbons (Fsp3) is 0.609. The molecular weight excluding hydrogens is 454 g/mol. The lowest BCUT2D eigenvalue weighted by atomic mass is 9.99. The van der Waals surface area contributed by atoms with E-state index in [4.69, 9.17) is 14.9 Å². The number of fused-ring (bicyclic) bond motifs is 2. The van der Waals surface area contributed by atoms with Gasteiger partial charge in [0, 0.05) is 11.4 Å². The Labute approximate surface area is 200 Å². The zero-order chi connectivity index (χ0) is 24.0. The van der Waals surface area contributed by atoms with Crippen LogP contribution < -0.4 is 15.2 Å². The molecule has 0 radical (unpaired) electrons. The van der Waals surface area contributed by atoms with E-state index < -0.39 is 15.9 Å². The molecule has 10 nitrogen and oxygen atoms in total. The Kier molecular flexibility index (Phi) is 6.11. The maximum absolute atomic E-state index is 13.3. The number of carbonyl (C=O) groups excluding carboxylic acids is 1. The minimum atomic E-state index is -3.54. The quantitative estimate of drug-likeness (QED) is 0.682.